The fraction of sp³-hybridized carbons (Fsp3) is 0.273. The second-order valence-electron chi connectivity index (χ2n) is 3.43. The maximum Gasteiger partial charge on any atom is 0.225 e. The van der Waals surface area contributed by atoms with Crippen LogP contribution in [0, 0.1) is 0 Å². The Hall–Kier alpha value is -1.62. The minimum absolute atomic E-state index is 0.252. The van der Waals surface area contributed by atoms with Gasteiger partial charge in [0.1, 0.15) is 5.82 Å². The molecule has 0 radical (unpaired) electrons. The molecule has 3 N–H and O–H groups in total. The number of nitrogens with zero attached hydrogens (tertiary/aromatic N) is 2. The van der Waals surface area contributed by atoms with Gasteiger partial charge in [-0.3, -0.25) is 0 Å². The number of thiophene rings is 1. The molecule has 0 saturated carbocycles. The number of rotatable bonds is 4. The average Bonchev–Trinajstić information content (AvgIpc) is 2.79. The summed E-state index contributed by atoms with van der Waals surface area (Å²) in [7, 11) is 0. The SMILES string of the molecule is CCC(Nc1nccc(N)n1)c1cccs1. The predicted molar refractivity (Wildman–Crippen MR) is 67.4 cm³/mol. The van der Waals surface area contributed by atoms with E-state index in [1.54, 1.807) is 23.6 Å². The van der Waals surface area contributed by atoms with E-state index >= 15 is 0 Å². The van der Waals surface area contributed by atoms with Crippen LogP contribution in [-0.2, 0) is 0 Å². The average molecular weight is 234 g/mol. The molecule has 0 aliphatic carbocycles. The summed E-state index contributed by atoms with van der Waals surface area (Å²) in [5.74, 6) is 1.07. The van der Waals surface area contributed by atoms with Crippen LogP contribution in [0.15, 0.2) is 29.8 Å². The van der Waals surface area contributed by atoms with Crippen molar-refractivity contribution in [3.8, 4) is 0 Å². The van der Waals surface area contributed by atoms with Gasteiger partial charge in [0.2, 0.25) is 5.95 Å². The van der Waals surface area contributed by atoms with E-state index in [9.17, 15) is 0 Å². The second kappa shape index (κ2) is 4.94. The van der Waals surface area contributed by atoms with Crippen LogP contribution in [0.3, 0.4) is 0 Å². The van der Waals surface area contributed by atoms with Crippen LogP contribution in [0.1, 0.15) is 24.3 Å². The van der Waals surface area contributed by atoms with Gasteiger partial charge in [0.15, 0.2) is 0 Å². The van der Waals surface area contributed by atoms with Gasteiger partial charge in [0, 0.05) is 11.1 Å². The Morgan fingerprint density at radius 1 is 1.50 bits per heavy atom. The number of nitrogen functional groups attached to an aromatic ring is 1. The lowest BCUT2D eigenvalue weighted by atomic mass is 10.2. The smallest absolute Gasteiger partial charge is 0.225 e. The summed E-state index contributed by atoms with van der Waals surface area (Å²) in [6.45, 7) is 2.13. The summed E-state index contributed by atoms with van der Waals surface area (Å²) in [4.78, 5) is 9.56. The molecule has 0 spiro atoms. The summed E-state index contributed by atoms with van der Waals surface area (Å²) < 4.78 is 0. The van der Waals surface area contributed by atoms with Gasteiger partial charge in [0.25, 0.3) is 0 Å². The Labute approximate surface area is 98.6 Å². The number of nitrogens with two attached hydrogens (primary N) is 1. The summed E-state index contributed by atoms with van der Waals surface area (Å²) in [6.07, 6.45) is 2.64. The normalized spacial score (nSPS) is 12.3. The van der Waals surface area contributed by atoms with E-state index in [1.807, 2.05) is 6.07 Å². The lowest BCUT2D eigenvalue weighted by molar-refractivity contribution is 0.752. The topological polar surface area (TPSA) is 63.8 Å². The minimum atomic E-state index is 0.252. The first-order valence-electron chi connectivity index (χ1n) is 5.18. The summed E-state index contributed by atoms with van der Waals surface area (Å²) in [6, 6.07) is 6.08. The molecule has 16 heavy (non-hydrogen) atoms. The van der Waals surface area contributed by atoms with Gasteiger partial charge in [0.05, 0.1) is 6.04 Å². The van der Waals surface area contributed by atoms with Gasteiger partial charge in [-0.1, -0.05) is 13.0 Å². The van der Waals surface area contributed by atoms with E-state index in [4.69, 9.17) is 5.73 Å². The Kier molecular flexibility index (Phi) is 3.36. The van der Waals surface area contributed by atoms with E-state index in [0.29, 0.717) is 11.8 Å². The van der Waals surface area contributed by atoms with Crippen molar-refractivity contribution in [3.63, 3.8) is 0 Å². The lowest BCUT2D eigenvalue weighted by Gasteiger charge is -2.15. The van der Waals surface area contributed by atoms with Crippen molar-refractivity contribution in [2.75, 3.05) is 11.1 Å². The highest BCUT2D eigenvalue weighted by Crippen LogP contribution is 2.24. The lowest BCUT2D eigenvalue weighted by Crippen LogP contribution is -2.11. The van der Waals surface area contributed by atoms with Crippen molar-refractivity contribution >= 4 is 23.1 Å². The number of aromatic nitrogens is 2. The first-order chi connectivity index (χ1) is 7.79. The molecule has 1 unspecified atom stereocenters. The number of hydrogen-bond acceptors (Lipinski definition) is 5. The zero-order valence-electron chi connectivity index (χ0n) is 9.05. The Balaban J connectivity index is 2.13. The molecule has 84 valence electrons. The molecule has 2 rings (SSSR count). The monoisotopic (exact) mass is 234 g/mol. The van der Waals surface area contributed by atoms with Gasteiger partial charge in [-0.15, -0.1) is 11.3 Å². The summed E-state index contributed by atoms with van der Waals surface area (Å²) in [5, 5.41) is 5.35. The highest BCUT2D eigenvalue weighted by atomic mass is 32.1. The van der Waals surface area contributed by atoms with Gasteiger partial charge in [-0.2, -0.15) is 4.98 Å². The largest absolute Gasteiger partial charge is 0.384 e. The molecule has 0 fully saturated rings. The van der Waals surface area contributed by atoms with E-state index in [0.717, 1.165) is 6.42 Å². The fourth-order valence-corrected chi connectivity index (χ4v) is 2.32. The Bertz CT molecular complexity index is 441. The molecule has 2 aromatic rings. The molecular weight excluding hydrogens is 220 g/mol. The molecule has 0 bridgehead atoms. The van der Waals surface area contributed by atoms with E-state index in [-0.39, 0.29) is 6.04 Å². The molecule has 0 amide bonds. The van der Waals surface area contributed by atoms with Crippen molar-refractivity contribution in [2.45, 2.75) is 19.4 Å². The van der Waals surface area contributed by atoms with Crippen molar-refractivity contribution in [1.82, 2.24) is 9.97 Å². The summed E-state index contributed by atoms with van der Waals surface area (Å²) in [5.41, 5.74) is 5.61. The number of nitrogens with one attached hydrogen (secondary N) is 1. The highest BCUT2D eigenvalue weighted by Gasteiger charge is 2.11. The Morgan fingerprint density at radius 3 is 3.00 bits per heavy atom. The van der Waals surface area contributed by atoms with Gasteiger partial charge in [-0.05, 0) is 23.9 Å². The van der Waals surface area contributed by atoms with Crippen LogP contribution in [0.4, 0.5) is 11.8 Å². The van der Waals surface area contributed by atoms with E-state index in [2.05, 4.69) is 33.7 Å². The third-order valence-corrected chi connectivity index (χ3v) is 3.26. The molecular formula is C11H14N4S. The molecule has 0 aliphatic rings. The van der Waals surface area contributed by atoms with E-state index in [1.165, 1.54) is 4.88 Å². The molecule has 1 atom stereocenters. The standard InChI is InChI=1S/C11H14N4S/c1-2-8(9-4-3-7-16-9)14-11-13-6-5-10(12)15-11/h3-8H,2H2,1H3,(H3,12,13,14,15). The van der Waals surface area contributed by atoms with Crippen molar-refractivity contribution in [2.24, 2.45) is 0 Å². The predicted octanol–water partition coefficient (Wildman–Crippen LogP) is 2.68. The quantitative estimate of drug-likeness (QED) is 0.853. The second-order valence-corrected chi connectivity index (χ2v) is 4.40. The van der Waals surface area contributed by atoms with Crippen LogP contribution in [0.5, 0.6) is 0 Å². The number of anilines is 2. The Morgan fingerprint density at radius 2 is 2.38 bits per heavy atom. The highest BCUT2D eigenvalue weighted by molar-refractivity contribution is 7.10. The van der Waals surface area contributed by atoms with Crippen molar-refractivity contribution in [3.05, 3.63) is 34.7 Å². The first-order valence-corrected chi connectivity index (χ1v) is 6.06. The fourth-order valence-electron chi connectivity index (χ4n) is 1.46. The molecule has 2 heterocycles. The third-order valence-electron chi connectivity index (χ3n) is 2.28. The molecule has 0 aromatic carbocycles. The van der Waals surface area contributed by atoms with Crippen LogP contribution < -0.4 is 11.1 Å². The first kappa shape index (κ1) is 10.9. The maximum atomic E-state index is 5.61. The van der Waals surface area contributed by atoms with Crippen LogP contribution in [-0.4, -0.2) is 9.97 Å². The van der Waals surface area contributed by atoms with Gasteiger partial charge in [-0.25, -0.2) is 4.98 Å². The zero-order chi connectivity index (χ0) is 11.4. The van der Waals surface area contributed by atoms with Crippen molar-refractivity contribution in [1.29, 1.82) is 0 Å². The third kappa shape index (κ3) is 2.49. The molecule has 2 aromatic heterocycles. The van der Waals surface area contributed by atoms with Crippen molar-refractivity contribution < 1.29 is 0 Å². The molecule has 5 heteroatoms. The van der Waals surface area contributed by atoms with Gasteiger partial charge >= 0.3 is 0 Å². The molecule has 0 saturated heterocycles. The van der Waals surface area contributed by atoms with Crippen LogP contribution in [0.25, 0.3) is 0 Å². The number of hydrogen-bond donors (Lipinski definition) is 2. The van der Waals surface area contributed by atoms with E-state index < -0.39 is 0 Å². The minimum Gasteiger partial charge on any atom is -0.384 e. The molecule has 4 nitrogen and oxygen atoms in total. The van der Waals surface area contributed by atoms with Crippen LogP contribution >= 0.6 is 11.3 Å². The van der Waals surface area contributed by atoms with Gasteiger partial charge < -0.3 is 11.1 Å². The van der Waals surface area contributed by atoms with Crippen LogP contribution in [0.2, 0.25) is 0 Å². The summed E-state index contributed by atoms with van der Waals surface area (Å²) >= 11 is 1.73. The zero-order valence-corrected chi connectivity index (χ0v) is 9.87. The maximum absolute atomic E-state index is 5.61. The molecule has 0 aliphatic heterocycles.